The fraction of sp³-hybridized carbons (Fsp3) is 0.500. The standard InChI is InChI=1S/C8H15N5O3S/c1-2-13-5-6(8(10)12-13)17(15,16)11-4-3-7(9)14/h5,11H,2-4H2,1H3,(H2,9,14)(H2,10,12). The molecule has 8 nitrogen and oxygen atoms in total. The Morgan fingerprint density at radius 1 is 1.59 bits per heavy atom. The molecule has 0 saturated carbocycles. The van der Waals surface area contributed by atoms with Gasteiger partial charge in [-0.05, 0) is 6.92 Å². The van der Waals surface area contributed by atoms with Crippen LogP contribution in [0.5, 0.6) is 0 Å². The monoisotopic (exact) mass is 261 g/mol. The number of carbonyl (C=O) groups excluding carboxylic acids is 1. The van der Waals surface area contributed by atoms with Gasteiger partial charge in [-0.1, -0.05) is 0 Å². The van der Waals surface area contributed by atoms with E-state index in [4.69, 9.17) is 11.5 Å². The lowest BCUT2D eigenvalue weighted by Gasteiger charge is -2.03. The average Bonchev–Trinajstić information content (AvgIpc) is 2.59. The first-order chi connectivity index (χ1) is 7.86. The van der Waals surface area contributed by atoms with E-state index in [-0.39, 0.29) is 23.7 Å². The molecular weight excluding hydrogens is 246 g/mol. The predicted molar refractivity (Wildman–Crippen MR) is 61.3 cm³/mol. The molecule has 0 radical (unpaired) electrons. The number of hydrogen-bond acceptors (Lipinski definition) is 5. The van der Waals surface area contributed by atoms with Crippen molar-refractivity contribution in [3.05, 3.63) is 6.20 Å². The summed E-state index contributed by atoms with van der Waals surface area (Å²) < 4.78 is 27.2. The van der Waals surface area contributed by atoms with Gasteiger partial charge in [0.1, 0.15) is 4.90 Å². The summed E-state index contributed by atoms with van der Waals surface area (Å²) >= 11 is 0. The van der Waals surface area contributed by atoms with Crippen molar-refractivity contribution < 1.29 is 13.2 Å². The second kappa shape index (κ2) is 5.15. The Hall–Kier alpha value is -1.61. The molecule has 0 aromatic carbocycles. The number of nitrogens with zero attached hydrogens (tertiary/aromatic N) is 2. The number of anilines is 1. The molecule has 1 amide bonds. The number of nitrogens with one attached hydrogen (secondary N) is 1. The molecule has 0 bridgehead atoms. The Labute approximate surface area is 99.0 Å². The number of hydrogen-bond donors (Lipinski definition) is 3. The van der Waals surface area contributed by atoms with Gasteiger partial charge in [0.05, 0.1) is 0 Å². The molecule has 0 atom stereocenters. The summed E-state index contributed by atoms with van der Waals surface area (Å²) in [4.78, 5) is 10.4. The number of aromatic nitrogens is 2. The first-order valence-electron chi connectivity index (χ1n) is 4.97. The summed E-state index contributed by atoms with van der Waals surface area (Å²) in [6.45, 7) is 2.26. The lowest BCUT2D eigenvalue weighted by atomic mass is 10.4. The number of carbonyl (C=O) groups is 1. The SMILES string of the molecule is CCn1cc(S(=O)(=O)NCCC(N)=O)c(N)n1. The van der Waals surface area contributed by atoms with Crippen LogP contribution in [-0.2, 0) is 21.4 Å². The van der Waals surface area contributed by atoms with E-state index in [1.165, 1.54) is 10.9 Å². The van der Waals surface area contributed by atoms with Crippen LogP contribution in [0.1, 0.15) is 13.3 Å². The zero-order chi connectivity index (χ0) is 13.1. The lowest BCUT2D eigenvalue weighted by molar-refractivity contribution is -0.117. The van der Waals surface area contributed by atoms with Crippen molar-refractivity contribution in [2.45, 2.75) is 24.8 Å². The first kappa shape index (κ1) is 13.5. The van der Waals surface area contributed by atoms with Gasteiger partial charge in [-0.2, -0.15) is 5.10 Å². The van der Waals surface area contributed by atoms with Crippen LogP contribution < -0.4 is 16.2 Å². The maximum atomic E-state index is 11.8. The molecular formula is C8H15N5O3S. The Bertz CT molecular complexity index is 507. The van der Waals surface area contributed by atoms with Crippen LogP contribution in [0, 0.1) is 0 Å². The van der Waals surface area contributed by atoms with Gasteiger partial charge in [0.2, 0.25) is 15.9 Å². The molecule has 5 N–H and O–H groups in total. The second-order valence-corrected chi connectivity index (χ2v) is 5.08. The fourth-order valence-corrected chi connectivity index (χ4v) is 2.28. The van der Waals surface area contributed by atoms with Crippen LogP contribution in [0.4, 0.5) is 5.82 Å². The molecule has 17 heavy (non-hydrogen) atoms. The van der Waals surface area contributed by atoms with Gasteiger partial charge >= 0.3 is 0 Å². The van der Waals surface area contributed by atoms with Gasteiger partial charge in [0.15, 0.2) is 5.82 Å². The smallest absolute Gasteiger partial charge is 0.245 e. The molecule has 0 saturated heterocycles. The van der Waals surface area contributed by atoms with Crippen LogP contribution in [0.15, 0.2) is 11.1 Å². The van der Waals surface area contributed by atoms with E-state index in [0.29, 0.717) is 6.54 Å². The highest BCUT2D eigenvalue weighted by atomic mass is 32.2. The molecule has 0 fully saturated rings. The van der Waals surface area contributed by atoms with Gasteiger partial charge in [-0.25, -0.2) is 13.1 Å². The van der Waals surface area contributed by atoms with Crippen molar-refractivity contribution in [3.8, 4) is 0 Å². The molecule has 0 aliphatic carbocycles. The summed E-state index contributed by atoms with van der Waals surface area (Å²) in [6.07, 6.45) is 1.27. The maximum Gasteiger partial charge on any atom is 0.245 e. The van der Waals surface area contributed by atoms with Crippen molar-refractivity contribution in [1.82, 2.24) is 14.5 Å². The van der Waals surface area contributed by atoms with Gasteiger partial charge in [-0.3, -0.25) is 9.48 Å². The molecule has 0 aliphatic rings. The van der Waals surface area contributed by atoms with E-state index >= 15 is 0 Å². The number of sulfonamides is 1. The van der Waals surface area contributed by atoms with Gasteiger partial charge in [0, 0.05) is 25.7 Å². The van der Waals surface area contributed by atoms with Crippen molar-refractivity contribution in [2.24, 2.45) is 5.73 Å². The minimum absolute atomic E-state index is 0.0611. The van der Waals surface area contributed by atoms with Crippen molar-refractivity contribution in [1.29, 1.82) is 0 Å². The molecule has 1 heterocycles. The summed E-state index contributed by atoms with van der Waals surface area (Å²) in [5.74, 6) is -0.650. The largest absolute Gasteiger partial charge is 0.381 e. The van der Waals surface area contributed by atoms with Crippen molar-refractivity contribution in [3.63, 3.8) is 0 Å². The number of aryl methyl sites for hydroxylation is 1. The third kappa shape index (κ3) is 3.43. The highest BCUT2D eigenvalue weighted by molar-refractivity contribution is 7.89. The summed E-state index contributed by atoms with van der Waals surface area (Å²) in [5, 5.41) is 3.82. The third-order valence-corrected chi connectivity index (χ3v) is 3.51. The summed E-state index contributed by atoms with van der Waals surface area (Å²) in [5.41, 5.74) is 10.4. The number of nitrogens with two attached hydrogens (primary N) is 2. The highest BCUT2D eigenvalue weighted by Crippen LogP contribution is 2.15. The Kier molecular flexibility index (Phi) is 4.07. The number of primary amides is 1. The molecule has 96 valence electrons. The lowest BCUT2D eigenvalue weighted by Crippen LogP contribution is -2.28. The Morgan fingerprint density at radius 2 is 2.24 bits per heavy atom. The number of nitrogen functional groups attached to an aromatic ring is 1. The molecule has 1 rings (SSSR count). The van der Waals surface area contributed by atoms with Crippen molar-refractivity contribution >= 4 is 21.7 Å². The molecule has 1 aromatic heterocycles. The second-order valence-electron chi connectivity index (χ2n) is 3.35. The summed E-state index contributed by atoms with van der Waals surface area (Å²) in [6, 6.07) is 0. The van der Waals surface area contributed by atoms with Crippen LogP contribution in [0.3, 0.4) is 0 Å². The van der Waals surface area contributed by atoms with Gasteiger partial charge < -0.3 is 11.5 Å². The topological polar surface area (TPSA) is 133 Å². The minimum Gasteiger partial charge on any atom is -0.381 e. The Balaban J connectivity index is 2.82. The minimum atomic E-state index is -3.74. The highest BCUT2D eigenvalue weighted by Gasteiger charge is 2.20. The molecule has 0 spiro atoms. The summed E-state index contributed by atoms with van der Waals surface area (Å²) in [7, 11) is -3.74. The zero-order valence-electron chi connectivity index (χ0n) is 9.38. The Morgan fingerprint density at radius 3 is 2.71 bits per heavy atom. The van der Waals surface area contributed by atoms with E-state index in [2.05, 4.69) is 9.82 Å². The molecule has 1 aromatic rings. The van der Waals surface area contributed by atoms with E-state index < -0.39 is 15.9 Å². The molecule has 0 aliphatic heterocycles. The van der Waals surface area contributed by atoms with E-state index in [9.17, 15) is 13.2 Å². The number of rotatable bonds is 6. The fourth-order valence-electron chi connectivity index (χ4n) is 1.17. The maximum absolute atomic E-state index is 11.8. The zero-order valence-corrected chi connectivity index (χ0v) is 10.2. The third-order valence-electron chi connectivity index (χ3n) is 2.03. The van der Waals surface area contributed by atoms with Crippen LogP contribution >= 0.6 is 0 Å². The average molecular weight is 261 g/mol. The van der Waals surface area contributed by atoms with E-state index in [0.717, 1.165) is 0 Å². The van der Waals surface area contributed by atoms with E-state index in [1.54, 1.807) is 0 Å². The first-order valence-corrected chi connectivity index (χ1v) is 6.46. The molecule has 0 unspecified atom stereocenters. The molecule has 9 heteroatoms. The normalized spacial score (nSPS) is 11.6. The van der Waals surface area contributed by atoms with Gasteiger partial charge in [-0.15, -0.1) is 0 Å². The van der Waals surface area contributed by atoms with Gasteiger partial charge in [0.25, 0.3) is 0 Å². The quantitative estimate of drug-likeness (QED) is 0.581. The van der Waals surface area contributed by atoms with Crippen LogP contribution in [0.2, 0.25) is 0 Å². The van der Waals surface area contributed by atoms with Crippen molar-refractivity contribution in [2.75, 3.05) is 12.3 Å². The van der Waals surface area contributed by atoms with Crippen LogP contribution in [-0.4, -0.2) is 30.7 Å². The van der Waals surface area contributed by atoms with Crippen LogP contribution in [0.25, 0.3) is 0 Å². The van der Waals surface area contributed by atoms with E-state index in [1.807, 2.05) is 6.92 Å². The number of amides is 1. The predicted octanol–water partition coefficient (Wildman–Crippen LogP) is -1.36.